The molecule has 1 aromatic heterocycles. The van der Waals surface area contributed by atoms with Crippen LogP contribution in [0.5, 0.6) is 0 Å². The van der Waals surface area contributed by atoms with E-state index in [0.717, 1.165) is 17.7 Å². The Kier molecular flexibility index (Phi) is 7.42. The van der Waals surface area contributed by atoms with Gasteiger partial charge in [-0.15, -0.1) is 0 Å². The van der Waals surface area contributed by atoms with Gasteiger partial charge in [0, 0.05) is 28.6 Å². The van der Waals surface area contributed by atoms with E-state index in [2.05, 4.69) is 0 Å². The minimum absolute atomic E-state index is 0.0360. The highest BCUT2D eigenvalue weighted by Gasteiger charge is 2.35. The Hall–Kier alpha value is -3.92. The van der Waals surface area contributed by atoms with E-state index in [9.17, 15) is 19.5 Å². The number of methoxy groups -OCH3 is 1. The van der Waals surface area contributed by atoms with E-state index in [1.807, 2.05) is 0 Å². The van der Waals surface area contributed by atoms with Gasteiger partial charge in [-0.1, -0.05) is 18.2 Å². The monoisotopic (exact) mass is 570 g/mol. The van der Waals surface area contributed by atoms with Gasteiger partial charge < -0.3 is 24.2 Å². The van der Waals surface area contributed by atoms with Gasteiger partial charge in [-0.25, -0.2) is 23.3 Å². The summed E-state index contributed by atoms with van der Waals surface area (Å²) in [5.41, 5.74) is -2.13. The van der Waals surface area contributed by atoms with Crippen LogP contribution in [0.1, 0.15) is 84.7 Å². The number of ether oxygens (including phenoxy) is 3. The van der Waals surface area contributed by atoms with Crippen molar-refractivity contribution in [1.29, 1.82) is 0 Å². The molecular formula is C31H37FN2O7. The smallest absolute Gasteiger partial charge is 0.419 e. The van der Waals surface area contributed by atoms with E-state index >= 15 is 4.39 Å². The fourth-order valence-electron chi connectivity index (χ4n) is 5.07. The molecule has 10 heteroatoms. The van der Waals surface area contributed by atoms with E-state index in [-0.39, 0.29) is 33.3 Å². The molecule has 0 spiro atoms. The molecule has 1 fully saturated rings. The van der Waals surface area contributed by atoms with Crippen LogP contribution in [0.15, 0.2) is 36.4 Å². The first-order valence-corrected chi connectivity index (χ1v) is 13.4. The van der Waals surface area contributed by atoms with Gasteiger partial charge in [0.15, 0.2) is 0 Å². The highest BCUT2D eigenvalue weighted by atomic mass is 19.1. The van der Waals surface area contributed by atoms with Crippen molar-refractivity contribution < 1.29 is 40.8 Å². The lowest BCUT2D eigenvalue weighted by atomic mass is 9.98. The summed E-state index contributed by atoms with van der Waals surface area (Å²) >= 11 is 0. The quantitative estimate of drug-likeness (QED) is 0.279. The largest absolute Gasteiger partial charge is 0.465 e. The molecule has 41 heavy (non-hydrogen) atoms. The standard InChI is InChI=1S/C31H37FN2O7/c1-30(2,3)40-28(37)33-15-9-12-23(33)19-14-13-18(16-22(19)32)26-21(17-35)25-20(27(36)39-7)10-8-11-24(25)34(26)29(38)41-31(4,5)6/h8,10-11,13-14,16,23,35H,9,12,15,17H2,1-7H3/i17D2. The lowest BCUT2D eigenvalue weighted by molar-refractivity contribution is 0.0221. The topological polar surface area (TPSA) is 107 Å². The Balaban J connectivity index is 1.96. The number of amides is 1. The predicted molar refractivity (Wildman–Crippen MR) is 151 cm³/mol. The summed E-state index contributed by atoms with van der Waals surface area (Å²) in [6.07, 6.45) is -0.347. The zero-order chi connectivity index (χ0) is 32.1. The molecule has 9 nitrogen and oxygen atoms in total. The van der Waals surface area contributed by atoms with Gasteiger partial charge >= 0.3 is 18.2 Å². The fraction of sp³-hybridized carbons (Fsp3) is 0.452. The Labute approximate surface area is 241 Å². The number of rotatable bonds is 4. The second-order valence-electron chi connectivity index (χ2n) is 11.9. The van der Waals surface area contributed by atoms with Crippen LogP contribution < -0.4 is 0 Å². The number of carbonyl (C=O) groups is 3. The first-order valence-electron chi connectivity index (χ1n) is 14.4. The van der Waals surface area contributed by atoms with Gasteiger partial charge in [0.05, 0.1) is 39.2 Å². The van der Waals surface area contributed by atoms with Crippen LogP contribution in [-0.2, 0) is 20.8 Å². The van der Waals surface area contributed by atoms with Crippen LogP contribution in [0.4, 0.5) is 14.0 Å². The maximum atomic E-state index is 16.0. The highest BCUT2D eigenvalue weighted by molar-refractivity contribution is 6.10. The Bertz CT molecular complexity index is 1580. The number of carbonyl (C=O) groups excluding carboxylic acids is 3. The summed E-state index contributed by atoms with van der Waals surface area (Å²) in [5.74, 6) is -1.54. The Morgan fingerprint density at radius 1 is 1.05 bits per heavy atom. The van der Waals surface area contributed by atoms with Crippen molar-refractivity contribution in [3.63, 3.8) is 0 Å². The number of hydrogen-bond donors (Lipinski definition) is 1. The van der Waals surface area contributed by atoms with Crippen LogP contribution in [0.25, 0.3) is 22.2 Å². The van der Waals surface area contributed by atoms with Crippen molar-refractivity contribution >= 4 is 29.1 Å². The summed E-state index contributed by atoms with van der Waals surface area (Å²) < 4.78 is 49.6. The lowest BCUT2D eigenvalue weighted by Crippen LogP contribution is -2.36. The Morgan fingerprint density at radius 2 is 1.71 bits per heavy atom. The summed E-state index contributed by atoms with van der Waals surface area (Å²) in [7, 11) is 1.15. The molecular weight excluding hydrogens is 531 g/mol. The average molecular weight is 571 g/mol. The molecule has 2 aromatic carbocycles. The number of nitrogens with zero attached hydrogens (tertiary/aromatic N) is 2. The van der Waals surface area contributed by atoms with Crippen LogP contribution in [0.2, 0.25) is 0 Å². The molecule has 1 atom stereocenters. The summed E-state index contributed by atoms with van der Waals surface area (Å²) in [6.45, 7) is 7.49. The van der Waals surface area contributed by atoms with Crippen molar-refractivity contribution in [2.24, 2.45) is 0 Å². The molecule has 0 radical (unpaired) electrons. The van der Waals surface area contributed by atoms with Crippen LogP contribution in [0, 0.1) is 5.82 Å². The van der Waals surface area contributed by atoms with Crippen molar-refractivity contribution in [2.75, 3.05) is 13.7 Å². The van der Waals surface area contributed by atoms with Gasteiger partial charge in [-0.05, 0) is 72.6 Å². The number of esters is 1. The third-order valence-electron chi connectivity index (χ3n) is 6.60. The normalized spacial score (nSPS) is 16.8. The zero-order valence-electron chi connectivity index (χ0n) is 26.3. The molecule has 1 aliphatic heterocycles. The SMILES string of the molecule is [2H]C([2H])(O)c1c(-c2ccc(C3CCCN3C(=O)OC(C)(C)C)c(F)c2)n(C(=O)OC(C)(C)C)c2cccc(C(=O)OC)c12. The number of likely N-dealkylation sites (tertiary alicyclic amines) is 1. The molecule has 220 valence electrons. The number of fused-ring (bicyclic) bond motifs is 1. The molecule has 0 saturated carbocycles. The number of hydrogen-bond acceptors (Lipinski definition) is 7. The molecule has 1 amide bonds. The summed E-state index contributed by atoms with van der Waals surface area (Å²) in [5, 5.41) is 10.7. The van der Waals surface area contributed by atoms with Crippen LogP contribution >= 0.6 is 0 Å². The van der Waals surface area contributed by atoms with Gasteiger partial charge in [0.25, 0.3) is 0 Å². The fourth-order valence-corrected chi connectivity index (χ4v) is 5.07. The molecule has 1 unspecified atom stereocenters. The summed E-state index contributed by atoms with van der Waals surface area (Å²) in [6, 6.07) is 7.77. The second-order valence-corrected chi connectivity index (χ2v) is 11.9. The van der Waals surface area contributed by atoms with Gasteiger partial charge in [-0.2, -0.15) is 0 Å². The molecule has 1 N–H and O–H groups in total. The molecule has 2 heterocycles. The number of aromatic nitrogens is 1. The Morgan fingerprint density at radius 3 is 2.29 bits per heavy atom. The van der Waals surface area contributed by atoms with E-state index in [1.54, 1.807) is 41.5 Å². The molecule has 3 aromatic rings. The number of halogens is 1. The van der Waals surface area contributed by atoms with Crippen molar-refractivity contribution in [2.45, 2.75) is 78.2 Å². The highest BCUT2D eigenvalue weighted by Crippen LogP contribution is 2.40. The van der Waals surface area contributed by atoms with Crippen LogP contribution in [-0.4, -0.2) is 57.6 Å². The first-order chi connectivity index (χ1) is 19.8. The van der Waals surface area contributed by atoms with E-state index in [4.69, 9.17) is 17.0 Å². The van der Waals surface area contributed by atoms with E-state index < -0.39 is 53.3 Å². The van der Waals surface area contributed by atoms with Gasteiger partial charge in [0.2, 0.25) is 0 Å². The van der Waals surface area contributed by atoms with E-state index in [0.29, 0.717) is 19.4 Å². The van der Waals surface area contributed by atoms with Crippen LogP contribution in [0.3, 0.4) is 0 Å². The maximum absolute atomic E-state index is 16.0. The maximum Gasteiger partial charge on any atom is 0.419 e. The van der Waals surface area contributed by atoms with Gasteiger partial charge in [0.1, 0.15) is 17.0 Å². The molecule has 1 aliphatic rings. The van der Waals surface area contributed by atoms with E-state index in [1.165, 1.54) is 35.2 Å². The number of benzene rings is 2. The molecule has 0 aliphatic carbocycles. The molecule has 4 rings (SSSR count). The molecule has 1 saturated heterocycles. The predicted octanol–water partition coefficient (Wildman–Crippen LogP) is 6.58. The summed E-state index contributed by atoms with van der Waals surface area (Å²) in [4.78, 5) is 40.7. The minimum Gasteiger partial charge on any atom is -0.465 e. The zero-order valence-corrected chi connectivity index (χ0v) is 24.3. The average Bonchev–Trinajstić information content (AvgIpc) is 3.49. The second kappa shape index (κ2) is 11.2. The third-order valence-corrected chi connectivity index (χ3v) is 6.60. The van der Waals surface area contributed by atoms with Gasteiger partial charge in [-0.3, -0.25) is 0 Å². The molecule has 0 bridgehead atoms. The third kappa shape index (κ3) is 6.07. The van der Waals surface area contributed by atoms with Crippen molar-refractivity contribution in [3.05, 3.63) is 58.9 Å². The minimum atomic E-state index is -3.08. The van der Waals surface area contributed by atoms with Crippen molar-refractivity contribution in [1.82, 2.24) is 9.47 Å². The first kappa shape index (κ1) is 27.3. The lowest BCUT2D eigenvalue weighted by Gasteiger charge is -2.29. The number of aliphatic hydroxyl groups is 1. The van der Waals surface area contributed by atoms with Crippen molar-refractivity contribution in [3.8, 4) is 11.3 Å².